The molecule has 0 radical (unpaired) electrons. The zero-order chi connectivity index (χ0) is 17.9. The lowest BCUT2D eigenvalue weighted by Crippen LogP contribution is -2.50. The highest BCUT2D eigenvalue weighted by atomic mass is 19.1. The molecule has 0 spiro atoms. The summed E-state index contributed by atoms with van der Waals surface area (Å²) in [5.41, 5.74) is 0.566. The van der Waals surface area contributed by atoms with Crippen LogP contribution in [0.3, 0.4) is 0 Å². The molecule has 0 fully saturated rings. The van der Waals surface area contributed by atoms with E-state index in [-0.39, 0.29) is 19.0 Å². The molecule has 0 saturated carbocycles. The van der Waals surface area contributed by atoms with Gasteiger partial charge in [-0.25, -0.2) is 9.18 Å². The lowest BCUT2D eigenvalue weighted by atomic mass is 9.91. The number of ether oxygens (including phenoxy) is 1. The van der Waals surface area contributed by atoms with Crippen molar-refractivity contribution in [3.8, 4) is 5.75 Å². The number of halogens is 1. The van der Waals surface area contributed by atoms with Gasteiger partial charge < -0.3 is 14.9 Å². The van der Waals surface area contributed by atoms with E-state index in [9.17, 15) is 19.4 Å². The van der Waals surface area contributed by atoms with E-state index in [1.165, 1.54) is 24.3 Å². The van der Waals surface area contributed by atoms with Gasteiger partial charge in [-0.3, -0.25) is 5.32 Å². The smallest absolute Gasteiger partial charge is 0.328 e. The molecule has 2 aromatic rings. The van der Waals surface area contributed by atoms with Gasteiger partial charge in [-0.2, -0.15) is 0 Å². The maximum Gasteiger partial charge on any atom is 0.328 e. The maximum absolute atomic E-state index is 12.8. The molecule has 132 valence electrons. The Bertz CT molecular complexity index is 749. The lowest BCUT2D eigenvalue weighted by molar-refractivity contribution is -0.145. The number of carboxylic acid groups (broad SMARTS) is 1. The molecule has 6 heteroatoms. The summed E-state index contributed by atoms with van der Waals surface area (Å²) >= 11 is 0. The van der Waals surface area contributed by atoms with Crippen molar-refractivity contribution in [1.29, 1.82) is 0 Å². The van der Waals surface area contributed by atoms with Gasteiger partial charge in [0.1, 0.15) is 29.8 Å². The first kappa shape index (κ1) is 17.4. The predicted molar refractivity (Wildman–Crippen MR) is 90.0 cm³/mol. The Balaban J connectivity index is 1.61. The molecule has 2 atom stereocenters. The van der Waals surface area contributed by atoms with Crippen LogP contribution in [-0.4, -0.2) is 35.4 Å². The van der Waals surface area contributed by atoms with E-state index < -0.39 is 17.6 Å². The summed E-state index contributed by atoms with van der Waals surface area (Å²) in [5.74, 6) is -0.874. The van der Waals surface area contributed by atoms with Gasteiger partial charge in [0.05, 0.1) is 0 Å². The van der Waals surface area contributed by atoms with Gasteiger partial charge >= 0.3 is 5.97 Å². The number of aliphatic carboxylic acids is 1. The molecule has 5 nitrogen and oxygen atoms in total. The molecule has 2 unspecified atom stereocenters. The predicted octanol–water partition coefficient (Wildman–Crippen LogP) is 2.08. The summed E-state index contributed by atoms with van der Waals surface area (Å²) in [7, 11) is 0. The van der Waals surface area contributed by atoms with Crippen LogP contribution in [0.5, 0.6) is 5.75 Å². The minimum Gasteiger partial charge on any atom is -0.491 e. The third-order valence-electron chi connectivity index (χ3n) is 4.51. The molecule has 1 aliphatic carbocycles. The molecule has 0 bridgehead atoms. The molecule has 2 aromatic carbocycles. The average molecular weight is 345 g/mol. The van der Waals surface area contributed by atoms with Gasteiger partial charge in [-0.05, 0) is 48.2 Å². The second kappa shape index (κ2) is 7.21. The molecule has 25 heavy (non-hydrogen) atoms. The van der Waals surface area contributed by atoms with Crippen molar-refractivity contribution in [2.24, 2.45) is 0 Å². The monoisotopic (exact) mass is 345 g/mol. The second-order valence-corrected chi connectivity index (χ2v) is 6.17. The molecule has 1 aliphatic rings. The molecular weight excluding hydrogens is 325 g/mol. The number of benzene rings is 2. The Morgan fingerprint density at radius 1 is 1.24 bits per heavy atom. The van der Waals surface area contributed by atoms with E-state index in [1.54, 1.807) is 0 Å². The first-order chi connectivity index (χ1) is 12.0. The summed E-state index contributed by atoms with van der Waals surface area (Å²) in [6, 6.07) is 12.9. The van der Waals surface area contributed by atoms with Crippen LogP contribution in [0.1, 0.15) is 17.5 Å². The van der Waals surface area contributed by atoms with E-state index in [4.69, 9.17) is 4.74 Å². The molecule has 0 aliphatic heterocycles. The van der Waals surface area contributed by atoms with Gasteiger partial charge in [0, 0.05) is 6.54 Å². The molecule has 0 saturated heterocycles. The van der Waals surface area contributed by atoms with Crippen LogP contribution in [0.4, 0.5) is 4.39 Å². The highest BCUT2D eigenvalue weighted by Crippen LogP contribution is 2.37. The van der Waals surface area contributed by atoms with Gasteiger partial charge in [0.15, 0.2) is 0 Å². The van der Waals surface area contributed by atoms with Crippen LogP contribution >= 0.6 is 0 Å². The zero-order valence-corrected chi connectivity index (χ0v) is 13.6. The van der Waals surface area contributed by atoms with Gasteiger partial charge in [0.2, 0.25) is 0 Å². The van der Waals surface area contributed by atoms with E-state index >= 15 is 0 Å². The number of aliphatic hydroxyl groups excluding tert-OH is 1. The van der Waals surface area contributed by atoms with Crippen molar-refractivity contribution >= 4 is 5.97 Å². The summed E-state index contributed by atoms with van der Waals surface area (Å²) in [4.78, 5) is 11.9. The third-order valence-corrected chi connectivity index (χ3v) is 4.51. The Morgan fingerprint density at radius 2 is 1.96 bits per heavy atom. The number of fused-ring (bicyclic) bond motifs is 1. The highest BCUT2D eigenvalue weighted by molar-refractivity contribution is 5.82. The van der Waals surface area contributed by atoms with Crippen LogP contribution in [0, 0.1) is 5.82 Å². The normalized spacial score (nSPS) is 20.1. The summed E-state index contributed by atoms with van der Waals surface area (Å²) < 4.78 is 18.2. The zero-order valence-electron chi connectivity index (χ0n) is 13.6. The third kappa shape index (κ3) is 3.65. The summed E-state index contributed by atoms with van der Waals surface area (Å²) in [6.07, 6.45) is 0.222. The molecule has 0 aromatic heterocycles. The molecular formula is C19H20FNO4. The minimum atomic E-state index is -1.19. The molecule has 0 heterocycles. The number of hydrogen-bond acceptors (Lipinski definition) is 4. The topological polar surface area (TPSA) is 78.8 Å². The van der Waals surface area contributed by atoms with Gasteiger partial charge in [0.25, 0.3) is 0 Å². The Kier molecular flexibility index (Phi) is 5.01. The van der Waals surface area contributed by atoms with Crippen molar-refractivity contribution in [2.45, 2.75) is 24.5 Å². The fourth-order valence-electron chi connectivity index (χ4n) is 3.17. The van der Waals surface area contributed by atoms with Gasteiger partial charge in [-0.1, -0.05) is 24.3 Å². The first-order valence-corrected chi connectivity index (χ1v) is 8.14. The number of rotatable bonds is 7. The number of carboxylic acids is 1. The van der Waals surface area contributed by atoms with Crippen LogP contribution in [0.2, 0.25) is 0 Å². The molecule has 0 amide bonds. The number of carbonyl (C=O) groups is 1. The Labute approximate surface area is 145 Å². The van der Waals surface area contributed by atoms with E-state index in [0.29, 0.717) is 18.6 Å². The number of aliphatic hydroxyl groups is 1. The highest BCUT2D eigenvalue weighted by Gasteiger charge is 2.45. The van der Waals surface area contributed by atoms with Crippen LogP contribution in [0.25, 0.3) is 0 Å². The number of nitrogens with one attached hydrogen (secondary N) is 1. The maximum atomic E-state index is 12.8. The fraction of sp³-hybridized carbons (Fsp3) is 0.316. The van der Waals surface area contributed by atoms with Crippen molar-refractivity contribution in [1.82, 2.24) is 5.32 Å². The quantitative estimate of drug-likeness (QED) is 0.716. The van der Waals surface area contributed by atoms with Crippen LogP contribution < -0.4 is 10.1 Å². The summed E-state index contributed by atoms with van der Waals surface area (Å²) in [6.45, 7) is 0.0534. The average Bonchev–Trinajstić information content (AvgIpc) is 3.00. The van der Waals surface area contributed by atoms with Gasteiger partial charge in [-0.15, -0.1) is 0 Å². The Morgan fingerprint density at radius 3 is 2.68 bits per heavy atom. The second-order valence-electron chi connectivity index (χ2n) is 6.17. The van der Waals surface area contributed by atoms with Crippen molar-refractivity contribution in [2.75, 3.05) is 13.2 Å². The fourth-order valence-corrected chi connectivity index (χ4v) is 3.17. The van der Waals surface area contributed by atoms with Crippen molar-refractivity contribution in [3.05, 3.63) is 65.5 Å². The van der Waals surface area contributed by atoms with E-state index in [1.807, 2.05) is 24.3 Å². The standard InChI is InChI=1S/C19H20FNO4/c20-14-5-7-16(8-6-14)25-12-15(22)11-21-19(18(23)24)10-9-13-3-1-2-4-17(13)19/h1-8,15,21-22H,9-12H2,(H,23,24). The van der Waals surface area contributed by atoms with E-state index in [0.717, 1.165) is 11.1 Å². The summed E-state index contributed by atoms with van der Waals surface area (Å²) in [5, 5.41) is 22.9. The van der Waals surface area contributed by atoms with Crippen LogP contribution in [-0.2, 0) is 16.8 Å². The molecule has 3 rings (SSSR count). The lowest BCUT2D eigenvalue weighted by Gasteiger charge is -2.28. The first-order valence-electron chi connectivity index (χ1n) is 8.14. The largest absolute Gasteiger partial charge is 0.491 e. The van der Waals surface area contributed by atoms with E-state index in [2.05, 4.69) is 5.32 Å². The van der Waals surface area contributed by atoms with Crippen molar-refractivity contribution < 1.29 is 24.1 Å². The number of aryl methyl sites for hydroxylation is 1. The van der Waals surface area contributed by atoms with Crippen molar-refractivity contribution in [3.63, 3.8) is 0 Å². The number of hydrogen-bond donors (Lipinski definition) is 3. The SMILES string of the molecule is O=C(O)C1(NCC(O)COc2ccc(F)cc2)CCc2ccccc21. The van der Waals surface area contributed by atoms with Crippen LogP contribution in [0.15, 0.2) is 48.5 Å². The Hall–Kier alpha value is -2.44. The molecule has 3 N–H and O–H groups in total. The minimum absolute atomic E-state index is 0.0179.